The molecule has 1 saturated heterocycles. The van der Waals surface area contributed by atoms with Crippen LogP contribution in [0.15, 0.2) is 97.1 Å². The van der Waals surface area contributed by atoms with Crippen LogP contribution in [0, 0.1) is 24.1 Å². The SMILES string of the molecule is Cc1cc(Nc2ccc(F)cc2)c(C=N)cc1[C@]12CN(Cc3ccccc3)C[C@H]1[C@@H]2c1ccccc1. The van der Waals surface area contributed by atoms with Crippen LogP contribution in [-0.2, 0) is 12.0 Å². The van der Waals surface area contributed by atoms with Gasteiger partial charge in [-0.25, -0.2) is 4.39 Å². The zero-order chi connectivity index (χ0) is 24.7. The Bertz CT molecular complexity index is 1380. The first-order chi connectivity index (χ1) is 17.6. The number of anilines is 2. The van der Waals surface area contributed by atoms with E-state index < -0.39 is 0 Å². The molecule has 3 nitrogen and oxygen atoms in total. The number of halogens is 1. The monoisotopic (exact) mass is 475 g/mol. The molecule has 1 heterocycles. The van der Waals surface area contributed by atoms with Gasteiger partial charge in [-0.1, -0.05) is 60.7 Å². The number of piperidine rings is 1. The maximum absolute atomic E-state index is 13.4. The lowest BCUT2D eigenvalue weighted by atomic mass is 9.85. The van der Waals surface area contributed by atoms with Crippen molar-refractivity contribution in [2.45, 2.75) is 24.8 Å². The summed E-state index contributed by atoms with van der Waals surface area (Å²) in [4.78, 5) is 2.59. The van der Waals surface area contributed by atoms with Gasteiger partial charge in [0.05, 0.1) is 0 Å². The fourth-order valence-corrected chi connectivity index (χ4v) is 6.46. The third-order valence-corrected chi connectivity index (χ3v) is 8.03. The van der Waals surface area contributed by atoms with Gasteiger partial charge >= 0.3 is 0 Å². The lowest BCUT2D eigenvalue weighted by Gasteiger charge is -2.26. The minimum atomic E-state index is -0.258. The topological polar surface area (TPSA) is 39.1 Å². The molecule has 0 unspecified atom stereocenters. The van der Waals surface area contributed by atoms with Crippen molar-refractivity contribution in [3.05, 3.63) is 131 Å². The number of hydrogen-bond acceptors (Lipinski definition) is 3. The number of aryl methyl sites for hydroxylation is 1. The summed E-state index contributed by atoms with van der Waals surface area (Å²) in [6.45, 7) is 5.23. The maximum Gasteiger partial charge on any atom is 0.123 e. The molecule has 4 aromatic rings. The maximum atomic E-state index is 13.4. The summed E-state index contributed by atoms with van der Waals surface area (Å²) in [6.07, 6.45) is 1.43. The average molecular weight is 476 g/mol. The molecule has 180 valence electrons. The minimum absolute atomic E-state index is 0.0480. The van der Waals surface area contributed by atoms with E-state index in [4.69, 9.17) is 5.41 Å². The summed E-state index contributed by atoms with van der Waals surface area (Å²) in [5, 5.41) is 11.6. The van der Waals surface area contributed by atoms with Crippen LogP contribution in [0.5, 0.6) is 0 Å². The lowest BCUT2D eigenvalue weighted by Crippen LogP contribution is -2.29. The second-order valence-corrected chi connectivity index (χ2v) is 10.2. The summed E-state index contributed by atoms with van der Waals surface area (Å²) < 4.78 is 13.4. The van der Waals surface area contributed by atoms with Crippen LogP contribution in [0.1, 0.15) is 33.7 Å². The van der Waals surface area contributed by atoms with E-state index in [1.807, 2.05) is 0 Å². The van der Waals surface area contributed by atoms with E-state index in [0.717, 1.165) is 36.6 Å². The molecule has 0 bridgehead atoms. The first-order valence-corrected chi connectivity index (χ1v) is 12.6. The van der Waals surface area contributed by atoms with Crippen molar-refractivity contribution in [2.75, 3.05) is 18.4 Å². The molecule has 0 aromatic heterocycles. The van der Waals surface area contributed by atoms with E-state index in [1.165, 1.54) is 40.6 Å². The number of likely N-dealkylation sites (tertiary alicyclic amines) is 1. The minimum Gasteiger partial charge on any atom is -0.355 e. The number of hydrogen-bond donors (Lipinski definition) is 2. The average Bonchev–Trinajstić information content (AvgIpc) is 3.36. The van der Waals surface area contributed by atoms with E-state index >= 15 is 0 Å². The second kappa shape index (κ2) is 9.03. The van der Waals surface area contributed by atoms with E-state index in [0.29, 0.717) is 11.8 Å². The van der Waals surface area contributed by atoms with E-state index in [9.17, 15) is 4.39 Å². The first-order valence-electron chi connectivity index (χ1n) is 12.6. The third kappa shape index (κ3) is 3.92. The number of nitrogens with one attached hydrogen (secondary N) is 2. The number of rotatable bonds is 7. The Hall–Kier alpha value is -3.76. The van der Waals surface area contributed by atoms with Gasteiger partial charge in [-0.05, 0) is 71.5 Å². The highest BCUT2D eigenvalue weighted by Crippen LogP contribution is 2.70. The third-order valence-electron chi connectivity index (χ3n) is 8.03. The van der Waals surface area contributed by atoms with Gasteiger partial charge in [0.2, 0.25) is 0 Å². The molecule has 2 fully saturated rings. The fourth-order valence-electron chi connectivity index (χ4n) is 6.46. The zero-order valence-electron chi connectivity index (χ0n) is 20.4. The van der Waals surface area contributed by atoms with E-state index in [1.54, 1.807) is 12.1 Å². The molecule has 1 aliphatic carbocycles. The number of fused-ring (bicyclic) bond motifs is 1. The van der Waals surface area contributed by atoms with Crippen LogP contribution in [0.4, 0.5) is 15.8 Å². The molecule has 2 aliphatic rings. The Morgan fingerprint density at radius 3 is 2.36 bits per heavy atom. The standard InChI is InChI=1S/C32H30FN3/c1-22-16-30(35-27-14-12-26(33)13-15-27)25(18-34)17-28(22)32-21-36(19-23-8-4-2-5-9-23)20-29(32)31(32)24-10-6-3-7-11-24/h2-18,29,31,34-35H,19-21H2,1H3/t29-,31-,32+/m0/s1. The predicted molar refractivity (Wildman–Crippen MR) is 145 cm³/mol. The first kappa shape index (κ1) is 22.7. The van der Waals surface area contributed by atoms with Crippen LogP contribution in [0.2, 0.25) is 0 Å². The molecule has 3 atom stereocenters. The number of benzene rings is 4. The van der Waals surface area contributed by atoms with Crippen molar-refractivity contribution >= 4 is 17.6 Å². The number of nitrogens with zero attached hydrogens (tertiary/aromatic N) is 1. The molecule has 1 aliphatic heterocycles. The molecule has 0 spiro atoms. The van der Waals surface area contributed by atoms with Gasteiger partial charge in [-0.15, -0.1) is 0 Å². The second-order valence-electron chi connectivity index (χ2n) is 10.2. The molecule has 4 heteroatoms. The fraction of sp³-hybridized carbons (Fsp3) is 0.219. The summed E-state index contributed by atoms with van der Waals surface area (Å²) in [7, 11) is 0. The van der Waals surface area contributed by atoms with Crippen molar-refractivity contribution < 1.29 is 4.39 Å². The van der Waals surface area contributed by atoms with Crippen molar-refractivity contribution in [3.8, 4) is 0 Å². The van der Waals surface area contributed by atoms with Crippen LogP contribution < -0.4 is 5.32 Å². The van der Waals surface area contributed by atoms with Gasteiger partial charge in [-0.3, -0.25) is 4.90 Å². The van der Waals surface area contributed by atoms with Crippen molar-refractivity contribution in [2.24, 2.45) is 5.92 Å². The van der Waals surface area contributed by atoms with Crippen LogP contribution in [0.25, 0.3) is 0 Å². The Morgan fingerprint density at radius 2 is 1.67 bits per heavy atom. The highest BCUT2D eigenvalue weighted by molar-refractivity contribution is 5.88. The van der Waals surface area contributed by atoms with Crippen LogP contribution >= 0.6 is 0 Å². The van der Waals surface area contributed by atoms with Gasteiger partial charge in [0.15, 0.2) is 0 Å². The largest absolute Gasteiger partial charge is 0.355 e. The quantitative estimate of drug-likeness (QED) is 0.281. The van der Waals surface area contributed by atoms with Gasteiger partial charge in [0.1, 0.15) is 5.82 Å². The lowest BCUT2D eigenvalue weighted by molar-refractivity contribution is 0.282. The Labute approximate surface area is 212 Å². The normalized spacial score (nSPS) is 22.7. The molecule has 1 saturated carbocycles. The van der Waals surface area contributed by atoms with E-state index in [2.05, 4.69) is 89.9 Å². The molecule has 4 aromatic carbocycles. The summed E-state index contributed by atoms with van der Waals surface area (Å²) >= 11 is 0. The van der Waals surface area contributed by atoms with E-state index in [-0.39, 0.29) is 11.2 Å². The van der Waals surface area contributed by atoms with Gasteiger partial charge in [0.25, 0.3) is 0 Å². The van der Waals surface area contributed by atoms with Crippen molar-refractivity contribution in [3.63, 3.8) is 0 Å². The Morgan fingerprint density at radius 1 is 0.972 bits per heavy atom. The van der Waals surface area contributed by atoms with Crippen LogP contribution in [0.3, 0.4) is 0 Å². The molecular weight excluding hydrogens is 445 g/mol. The van der Waals surface area contributed by atoms with Gasteiger partial charge < -0.3 is 10.7 Å². The smallest absolute Gasteiger partial charge is 0.123 e. The predicted octanol–water partition coefficient (Wildman–Crippen LogP) is 7.04. The van der Waals surface area contributed by atoms with Crippen molar-refractivity contribution in [1.29, 1.82) is 5.41 Å². The summed E-state index contributed by atoms with van der Waals surface area (Å²) in [5.41, 5.74) is 7.93. The summed E-state index contributed by atoms with van der Waals surface area (Å²) in [6, 6.07) is 32.4. The van der Waals surface area contributed by atoms with Gasteiger partial charge in [-0.2, -0.15) is 0 Å². The molecule has 0 radical (unpaired) electrons. The molecule has 2 N–H and O–H groups in total. The van der Waals surface area contributed by atoms with Gasteiger partial charge in [0, 0.05) is 54.1 Å². The highest BCUT2D eigenvalue weighted by atomic mass is 19.1. The highest BCUT2D eigenvalue weighted by Gasteiger charge is 2.70. The van der Waals surface area contributed by atoms with Crippen LogP contribution in [-0.4, -0.2) is 24.2 Å². The Balaban J connectivity index is 1.36. The molecule has 36 heavy (non-hydrogen) atoms. The Kier molecular flexibility index (Phi) is 5.69. The van der Waals surface area contributed by atoms with Crippen molar-refractivity contribution in [1.82, 2.24) is 4.90 Å². The molecule has 6 rings (SSSR count). The summed E-state index contributed by atoms with van der Waals surface area (Å²) in [5.74, 6) is 0.780. The molecule has 0 amide bonds. The zero-order valence-corrected chi connectivity index (χ0v) is 20.4. The molecular formula is C32H30FN3.